The van der Waals surface area contributed by atoms with Crippen LogP contribution in [0.5, 0.6) is 5.75 Å². The number of phenols is 1. The van der Waals surface area contributed by atoms with E-state index in [1.54, 1.807) is 0 Å². The molecule has 0 radical (unpaired) electrons. The summed E-state index contributed by atoms with van der Waals surface area (Å²) < 4.78 is 88.3. The van der Waals surface area contributed by atoms with Gasteiger partial charge in [-0.3, -0.25) is 9.59 Å². The fourth-order valence-electron chi connectivity index (χ4n) is 7.94. The third-order valence-corrected chi connectivity index (χ3v) is 10.2. The number of benzene rings is 3. The van der Waals surface area contributed by atoms with Gasteiger partial charge in [0.05, 0.1) is 34.8 Å². The summed E-state index contributed by atoms with van der Waals surface area (Å²) in [5.41, 5.74) is 1.70. The van der Waals surface area contributed by atoms with Crippen LogP contribution >= 0.6 is 0 Å². The minimum Gasteiger partial charge on any atom is -0.507 e. The molecule has 51 heavy (non-hydrogen) atoms. The standard InChI is InChI=1S/C38H36BF6NO5/c1-4-23-15-29-33(36(49)46(35(29)48)28-17-26(37(40,41)42)16-27(18-28)38(43,44)45)30-19-39(50)51-31(32(23)30)11-10-25(24-8-6-5-7-9-24)14-22-12-20(2)34(47)21(3)13-22/h5-9,12-14,16-18,29-31,33,47,50H,4,10-11,15,19H2,1-3H3/b25-14-/t29-,30+,31-,33-/m1/s1. The number of amides is 2. The molecule has 4 atom stereocenters. The lowest BCUT2D eigenvalue weighted by atomic mass is 9.58. The molecule has 3 aromatic carbocycles. The largest absolute Gasteiger partial charge is 0.507 e. The second-order valence-corrected chi connectivity index (χ2v) is 13.5. The van der Waals surface area contributed by atoms with Crippen LogP contribution in [-0.2, 0) is 26.6 Å². The molecule has 0 aromatic heterocycles. The molecule has 2 saturated heterocycles. The summed E-state index contributed by atoms with van der Waals surface area (Å²) in [5.74, 6) is -4.38. The fraction of sp³-hybridized carbons (Fsp3) is 0.368. The number of nitrogens with zero attached hydrogens (tertiary/aromatic N) is 1. The van der Waals surface area contributed by atoms with E-state index in [0.29, 0.717) is 47.4 Å². The highest BCUT2D eigenvalue weighted by molar-refractivity contribution is 6.43. The van der Waals surface area contributed by atoms with E-state index in [0.717, 1.165) is 27.8 Å². The van der Waals surface area contributed by atoms with Gasteiger partial charge in [0.25, 0.3) is 0 Å². The van der Waals surface area contributed by atoms with Crippen molar-refractivity contribution in [3.63, 3.8) is 0 Å². The monoisotopic (exact) mass is 711 g/mol. The van der Waals surface area contributed by atoms with Crippen LogP contribution in [0.4, 0.5) is 32.0 Å². The highest BCUT2D eigenvalue weighted by Gasteiger charge is 2.58. The first-order valence-corrected chi connectivity index (χ1v) is 16.8. The summed E-state index contributed by atoms with van der Waals surface area (Å²) in [6.07, 6.45) is -7.67. The smallest absolute Gasteiger partial charge is 0.455 e. The van der Waals surface area contributed by atoms with E-state index >= 15 is 0 Å². The Kier molecular flexibility index (Phi) is 9.75. The zero-order valence-electron chi connectivity index (χ0n) is 28.1. The molecule has 0 spiro atoms. The number of hydrogen-bond acceptors (Lipinski definition) is 5. The molecular formula is C38H36BF6NO5. The van der Waals surface area contributed by atoms with Crippen LogP contribution in [0.2, 0.25) is 6.32 Å². The molecule has 2 fully saturated rings. The molecule has 0 unspecified atom stereocenters. The third-order valence-electron chi connectivity index (χ3n) is 10.2. The maximum absolute atomic E-state index is 14.0. The van der Waals surface area contributed by atoms with Gasteiger partial charge in [0.15, 0.2) is 0 Å². The van der Waals surface area contributed by atoms with Gasteiger partial charge in [-0.05, 0) is 116 Å². The Hall–Kier alpha value is -4.36. The third kappa shape index (κ3) is 7.10. The van der Waals surface area contributed by atoms with E-state index < -0.39 is 72.0 Å². The number of rotatable bonds is 7. The first-order valence-electron chi connectivity index (χ1n) is 16.8. The zero-order chi connectivity index (χ0) is 37.0. The molecule has 3 aromatic rings. The van der Waals surface area contributed by atoms with E-state index in [4.69, 9.17) is 4.65 Å². The average molecular weight is 712 g/mol. The lowest BCUT2D eigenvalue weighted by Crippen LogP contribution is -2.46. The van der Waals surface area contributed by atoms with Gasteiger partial charge in [0.1, 0.15) is 5.75 Å². The van der Waals surface area contributed by atoms with Crippen molar-refractivity contribution >= 4 is 36.3 Å². The van der Waals surface area contributed by atoms with E-state index in [1.165, 1.54) is 0 Å². The van der Waals surface area contributed by atoms with E-state index in [1.807, 2.05) is 69.3 Å². The van der Waals surface area contributed by atoms with E-state index in [2.05, 4.69) is 0 Å². The summed E-state index contributed by atoms with van der Waals surface area (Å²) in [5, 5.41) is 21.2. The number of aromatic hydroxyl groups is 1. The number of alkyl halides is 6. The number of allylic oxidation sites excluding steroid dienone is 2. The Bertz CT molecular complexity index is 1870. The van der Waals surface area contributed by atoms with E-state index in [-0.39, 0.29) is 24.6 Å². The predicted molar refractivity (Wildman–Crippen MR) is 180 cm³/mol. The lowest BCUT2D eigenvalue weighted by molar-refractivity contribution is -0.143. The SMILES string of the molecule is CCC1=C2[C@@H](CC/C(=C/c3cc(C)c(O)c(C)c3)c3ccccc3)OB(O)C[C@@H]2[C@@H]2C(=O)N(c3cc(C(F)(F)F)cc(C(F)(F)F)c3)C(=O)[C@@H]2C1. The molecule has 2 heterocycles. The van der Waals surface area contributed by atoms with Crippen molar-refractivity contribution in [2.45, 2.75) is 71.2 Å². The number of anilines is 1. The number of fused-ring (bicyclic) bond motifs is 3. The van der Waals surface area contributed by atoms with Crippen molar-refractivity contribution in [2.75, 3.05) is 4.90 Å². The van der Waals surface area contributed by atoms with Crippen LogP contribution in [0.3, 0.4) is 0 Å². The molecule has 268 valence electrons. The van der Waals surface area contributed by atoms with Crippen LogP contribution in [0.15, 0.2) is 71.8 Å². The summed E-state index contributed by atoms with van der Waals surface area (Å²) in [4.78, 5) is 28.3. The molecule has 0 saturated carbocycles. The quantitative estimate of drug-likeness (QED) is 0.0842. The first kappa shape index (κ1) is 36.4. The number of aryl methyl sites for hydroxylation is 2. The minimum absolute atomic E-state index is 0.0437. The Morgan fingerprint density at radius 2 is 1.53 bits per heavy atom. The number of phenolic OH excluding ortho intramolecular Hbond substituents is 1. The Morgan fingerprint density at radius 1 is 0.922 bits per heavy atom. The minimum atomic E-state index is -5.16. The van der Waals surface area contributed by atoms with Crippen LogP contribution in [0, 0.1) is 31.6 Å². The molecular weight excluding hydrogens is 675 g/mol. The van der Waals surface area contributed by atoms with Gasteiger partial charge in [0.2, 0.25) is 11.8 Å². The molecule has 13 heteroatoms. The van der Waals surface area contributed by atoms with Gasteiger partial charge in [0, 0.05) is 0 Å². The van der Waals surface area contributed by atoms with Gasteiger partial charge in [-0.15, -0.1) is 0 Å². The molecule has 2 amide bonds. The van der Waals surface area contributed by atoms with Crippen LogP contribution in [-0.4, -0.2) is 35.2 Å². The van der Waals surface area contributed by atoms with Crippen LogP contribution in [0.25, 0.3) is 11.6 Å². The number of hydrogen-bond donors (Lipinski definition) is 2. The van der Waals surface area contributed by atoms with Gasteiger partial charge in [-0.1, -0.05) is 48.9 Å². The number of carbonyl (C=O) groups is 2. The van der Waals surface area contributed by atoms with Gasteiger partial charge in [-0.2, -0.15) is 26.3 Å². The van der Waals surface area contributed by atoms with Crippen molar-refractivity contribution in [3.8, 4) is 5.75 Å². The predicted octanol–water partition coefficient (Wildman–Crippen LogP) is 8.78. The lowest BCUT2D eigenvalue weighted by Gasteiger charge is -2.43. The fourth-order valence-corrected chi connectivity index (χ4v) is 7.94. The van der Waals surface area contributed by atoms with Crippen molar-refractivity contribution < 1.29 is 50.7 Å². The highest BCUT2D eigenvalue weighted by Crippen LogP contribution is 2.52. The highest BCUT2D eigenvalue weighted by atomic mass is 19.4. The summed E-state index contributed by atoms with van der Waals surface area (Å²) in [7, 11) is -1.32. The zero-order valence-corrected chi connectivity index (χ0v) is 28.1. The number of halogens is 6. The van der Waals surface area contributed by atoms with Gasteiger partial charge < -0.3 is 14.8 Å². The normalized spacial score (nSPS) is 22.8. The number of carbonyl (C=O) groups excluding carboxylic acids is 2. The van der Waals surface area contributed by atoms with Crippen molar-refractivity contribution in [3.05, 3.63) is 105 Å². The Balaban J connectivity index is 1.34. The maximum Gasteiger partial charge on any atom is 0.455 e. The Morgan fingerprint density at radius 3 is 2.10 bits per heavy atom. The van der Waals surface area contributed by atoms with Crippen molar-refractivity contribution in [1.29, 1.82) is 0 Å². The summed E-state index contributed by atoms with van der Waals surface area (Å²) in [6, 6.07) is 14.1. The van der Waals surface area contributed by atoms with Crippen molar-refractivity contribution in [1.82, 2.24) is 0 Å². The Labute approximate surface area is 291 Å². The molecule has 6 nitrogen and oxygen atoms in total. The van der Waals surface area contributed by atoms with Gasteiger partial charge in [-0.25, -0.2) is 4.90 Å². The van der Waals surface area contributed by atoms with Crippen LogP contribution < -0.4 is 4.90 Å². The molecule has 3 aliphatic rings. The number of imide groups is 1. The maximum atomic E-state index is 14.0. The van der Waals surface area contributed by atoms with Crippen molar-refractivity contribution in [2.24, 2.45) is 17.8 Å². The molecule has 6 rings (SSSR count). The van der Waals surface area contributed by atoms with E-state index in [9.17, 15) is 46.1 Å². The summed E-state index contributed by atoms with van der Waals surface area (Å²) in [6.45, 7) is 5.49. The van der Waals surface area contributed by atoms with Crippen LogP contribution in [0.1, 0.15) is 66.0 Å². The summed E-state index contributed by atoms with van der Waals surface area (Å²) >= 11 is 0. The topological polar surface area (TPSA) is 87.1 Å². The second kappa shape index (κ2) is 13.6. The molecule has 2 N–H and O–H groups in total. The molecule has 1 aliphatic carbocycles. The first-order chi connectivity index (χ1) is 24.0. The van der Waals surface area contributed by atoms with Gasteiger partial charge >= 0.3 is 19.5 Å². The molecule has 0 bridgehead atoms. The second-order valence-electron chi connectivity index (χ2n) is 13.5. The average Bonchev–Trinajstić information content (AvgIpc) is 3.32. The molecule has 2 aliphatic heterocycles.